The monoisotopic (exact) mass is 186 g/mol. The molecule has 3 nitrogen and oxygen atoms in total. The summed E-state index contributed by atoms with van der Waals surface area (Å²) < 4.78 is 18.1. The van der Waals surface area contributed by atoms with Crippen molar-refractivity contribution in [3.63, 3.8) is 0 Å². The van der Waals surface area contributed by atoms with Gasteiger partial charge in [-0.1, -0.05) is 31.1 Å². The molecule has 4 heteroatoms. The van der Waals surface area contributed by atoms with E-state index in [1.807, 2.05) is 20.8 Å². The van der Waals surface area contributed by atoms with Gasteiger partial charge < -0.3 is 0 Å². The maximum atomic E-state index is 13.6. The predicted molar refractivity (Wildman–Crippen MR) is 47.1 cm³/mol. The third-order valence-electron chi connectivity index (χ3n) is 1.76. The van der Waals surface area contributed by atoms with E-state index in [-0.39, 0.29) is 5.41 Å². The lowest BCUT2D eigenvalue weighted by atomic mass is 9.87. The molecule has 0 spiro atoms. The van der Waals surface area contributed by atoms with E-state index >= 15 is 0 Å². The highest BCUT2D eigenvalue weighted by Gasteiger charge is 2.33. The van der Waals surface area contributed by atoms with Crippen LogP contribution >= 0.6 is 0 Å². The van der Waals surface area contributed by atoms with Crippen molar-refractivity contribution in [3.8, 4) is 0 Å². The summed E-state index contributed by atoms with van der Waals surface area (Å²) in [6.45, 7) is 8.73. The van der Waals surface area contributed by atoms with E-state index in [9.17, 15) is 4.39 Å². The van der Waals surface area contributed by atoms with E-state index in [0.717, 1.165) is 0 Å². The van der Waals surface area contributed by atoms with Gasteiger partial charge in [0.05, 0.1) is 0 Å². The van der Waals surface area contributed by atoms with Crippen LogP contribution in [0.1, 0.15) is 46.0 Å². The van der Waals surface area contributed by atoms with Gasteiger partial charge in [0, 0.05) is 5.41 Å². The SMILES string of the molecule is CC(C)(C)c1nonc1C(C)(C)F. The fourth-order valence-electron chi connectivity index (χ4n) is 1.07. The van der Waals surface area contributed by atoms with E-state index in [4.69, 9.17) is 0 Å². The van der Waals surface area contributed by atoms with Crippen molar-refractivity contribution in [1.82, 2.24) is 10.3 Å². The zero-order valence-corrected chi connectivity index (χ0v) is 8.68. The first-order valence-corrected chi connectivity index (χ1v) is 4.25. The summed E-state index contributed by atoms with van der Waals surface area (Å²) in [4.78, 5) is 0. The molecule has 0 aliphatic rings. The minimum absolute atomic E-state index is 0.237. The van der Waals surface area contributed by atoms with Crippen molar-refractivity contribution in [2.75, 3.05) is 0 Å². The summed E-state index contributed by atoms with van der Waals surface area (Å²) in [6, 6.07) is 0. The van der Waals surface area contributed by atoms with Gasteiger partial charge in [-0.25, -0.2) is 9.02 Å². The van der Waals surface area contributed by atoms with Crippen LogP contribution in [0.15, 0.2) is 4.63 Å². The van der Waals surface area contributed by atoms with Crippen molar-refractivity contribution >= 4 is 0 Å². The smallest absolute Gasteiger partial charge is 0.152 e. The molecule has 0 amide bonds. The lowest BCUT2D eigenvalue weighted by Gasteiger charge is -2.19. The fraction of sp³-hybridized carbons (Fsp3) is 0.778. The van der Waals surface area contributed by atoms with Gasteiger partial charge in [-0.05, 0) is 13.8 Å². The molecule has 0 atom stereocenters. The Hall–Kier alpha value is -0.930. The molecule has 1 aromatic rings. The maximum absolute atomic E-state index is 13.6. The molecule has 0 saturated carbocycles. The number of aromatic nitrogens is 2. The molecule has 13 heavy (non-hydrogen) atoms. The Bertz CT molecular complexity index is 265. The molecular formula is C9H15FN2O. The summed E-state index contributed by atoms with van der Waals surface area (Å²) in [5.74, 6) is 0. The van der Waals surface area contributed by atoms with Gasteiger partial charge in [-0.3, -0.25) is 0 Å². The highest BCUT2D eigenvalue weighted by Crippen LogP contribution is 2.31. The van der Waals surface area contributed by atoms with Gasteiger partial charge >= 0.3 is 0 Å². The van der Waals surface area contributed by atoms with Crippen LogP contribution in [-0.2, 0) is 11.1 Å². The molecule has 74 valence electrons. The van der Waals surface area contributed by atoms with Gasteiger partial charge in [-0.2, -0.15) is 0 Å². The van der Waals surface area contributed by atoms with E-state index in [2.05, 4.69) is 14.9 Å². The lowest BCUT2D eigenvalue weighted by molar-refractivity contribution is 0.198. The van der Waals surface area contributed by atoms with Crippen molar-refractivity contribution in [2.24, 2.45) is 0 Å². The second-order valence-electron chi connectivity index (χ2n) is 4.68. The molecule has 0 saturated heterocycles. The van der Waals surface area contributed by atoms with Crippen LogP contribution in [0.4, 0.5) is 4.39 Å². The quantitative estimate of drug-likeness (QED) is 0.676. The average molecular weight is 186 g/mol. The minimum Gasteiger partial charge on any atom is -0.244 e. The second-order valence-corrected chi connectivity index (χ2v) is 4.68. The van der Waals surface area contributed by atoms with Gasteiger partial charge in [0.15, 0.2) is 5.67 Å². The Morgan fingerprint density at radius 3 is 1.77 bits per heavy atom. The van der Waals surface area contributed by atoms with Crippen molar-refractivity contribution < 1.29 is 9.02 Å². The summed E-state index contributed by atoms with van der Waals surface area (Å²) in [6.07, 6.45) is 0. The topological polar surface area (TPSA) is 38.9 Å². The third-order valence-corrected chi connectivity index (χ3v) is 1.76. The summed E-state index contributed by atoms with van der Waals surface area (Å²) in [5, 5.41) is 7.32. The second kappa shape index (κ2) is 2.79. The molecule has 0 unspecified atom stereocenters. The molecule has 1 aromatic heterocycles. The van der Waals surface area contributed by atoms with Crippen LogP contribution in [0.5, 0.6) is 0 Å². The minimum atomic E-state index is -1.50. The molecule has 0 aromatic carbocycles. The highest BCUT2D eigenvalue weighted by molar-refractivity contribution is 5.21. The zero-order chi connectivity index (χ0) is 10.3. The molecule has 1 heterocycles. The normalized spacial score (nSPS) is 13.4. The summed E-state index contributed by atoms with van der Waals surface area (Å²) >= 11 is 0. The fourth-order valence-corrected chi connectivity index (χ4v) is 1.07. The first-order valence-electron chi connectivity index (χ1n) is 4.25. The number of hydrogen-bond acceptors (Lipinski definition) is 3. The highest BCUT2D eigenvalue weighted by atomic mass is 19.1. The average Bonchev–Trinajstić information content (AvgIpc) is 2.27. The van der Waals surface area contributed by atoms with Crippen LogP contribution < -0.4 is 0 Å². The lowest BCUT2D eigenvalue weighted by Crippen LogP contribution is -2.20. The number of nitrogens with zero attached hydrogens (tertiary/aromatic N) is 2. The molecule has 0 aliphatic carbocycles. The van der Waals surface area contributed by atoms with Gasteiger partial charge in [0.2, 0.25) is 0 Å². The number of alkyl halides is 1. The van der Waals surface area contributed by atoms with Crippen LogP contribution in [0.2, 0.25) is 0 Å². The molecule has 1 rings (SSSR count). The molecular weight excluding hydrogens is 171 g/mol. The van der Waals surface area contributed by atoms with Gasteiger partial charge in [0.1, 0.15) is 11.4 Å². The van der Waals surface area contributed by atoms with Crippen LogP contribution in [-0.4, -0.2) is 10.3 Å². The molecule has 0 radical (unpaired) electrons. The number of hydrogen-bond donors (Lipinski definition) is 0. The Morgan fingerprint density at radius 1 is 1.00 bits per heavy atom. The zero-order valence-electron chi connectivity index (χ0n) is 8.68. The standard InChI is InChI=1S/C9H15FN2O/c1-8(2,3)6-7(9(4,5)10)12-13-11-6/h1-5H3. The van der Waals surface area contributed by atoms with Crippen LogP contribution in [0.3, 0.4) is 0 Å². The summed E-state index contributed by atoms with van der Waals surface area (Å²) in [7, 11) is 0. The number of halogens is 1. The summed E-state index contributed by atoms with van der Waals surface area (Å²) in [5.41, 5.74) is -0.860. The Balaban J connectivity index is 3.19. The largest absolute Gasteiger partial charge is 0.244 e. The molecule has 0 bridgehead atoms. The first kappa shape index (κ1) is 10.2. The van der Waals surface area contributed by atoms with E-state index < -0.39 is 5.67 Å². The van der Waals surface area contributed by atoms with Crippen LogP contribution in [0.25, 0.3) is 0 Å². The molecule has 0 aliphatic heterocycles. The Labute approximate surface area is 77.3 Å². The third kappa shape index (κ3) is 2.05. The van der Waals surface area contributed by atoms with E-state index in [1.165, 1.54) is 13.8 Å². The Kier molecular flexibility index (Phi) is 2.18. The number of rotatable bonds is 1. The van der Waals surface area contributed by atoms with Crippen molar-refractivity contribution in [3.05, 3.63) is 11.4 Å². The van der Waals surface area contributed by atoms with E-state index in [0.29, 0.717) is 11.4 Å². The Morgan fingerprint density at radius 2 is 1.46 bits per heavy atom. The van der Waals surface area contributed by atoms with Crippen molar-refractivity contribution in [2.45, 2.75) is 45.7 Å². The first-order chi connectivity index (χ1) is 5.73. The van der Waals surface area contributed by atoms with Gasteiger partial charge in [0.25, 0.3) is 0 Å². The van der Waals surface area contributed by atoms with Gasteiger partial charge in [-0.15, -0.1) is 0 Å². The van der Waals surface area contributed by atoms with Crippen molar-refractivity contribution in [1.29, 1.82) is 0 Å². The van der Waals surface area contributed by atoms with E-state index in [1.54, 1.807) is 0 Å². The molecule has 0 N–H and O–H groups in total. The molecule has 0 fully saturated rings. The predicted octanol–water partition coefficient (Wildman–Crippen LogP) is 2.57. The van der Waals surface area contributed by atoms with Crippen LogP contribution in [0, 0.1) is 0 Å². The maximum Gasteiger partial charge on any atom is 0.152 e.